The van der Waals surface area contributed by atoms with Crippen molar-refractivity contribution in [2.24, 2.45) is 11.3 Å². The van der Waals surface area contributed by atoms with E-state index >= 15 is 0 Å². The third kappa shape index (κ3) is 4.44. The lowest BCUT2D eigenvalue weighted by Gasteiger charge is -2.46. The van der Waals surface area contributed by atoms with Gasteiger partial charge < -0.3 is 9.47 Å². The average molecular weight is 528 g/mol. The molecule has 4 nitrogen and oxygen atoms in total. The van der Waals surface area contributed by atoms with Crippen LogP contribution in [0.25, 0.3) is 11.1 Å². The van der Waals surface area contributed by atoms with E-state index in [1.54, 1.807) is 0 Å². The SMILES string of the molecule is COC(=O)[C@@H]1CC[C@@]12CCc1ccc(OCc3ccc(-c4cc(C)ncc4F)c([C@@H]4CCCC4(C)C)c3)cc12. The number of carbonyl (C=O) groups is 1. The summed E-state index contributed by atoms with van der Waals surface area (Å²) in [5.74, 6) is 0.752. The van der Waals surface area contributed by atoms with Gasteiger partial charge >= 0.3 is 5.97 Å². The summed E-state index contributed by atoms with van der Waals surface area (Å²) in [6.07, 6.45) is 8.69. The van der Waals surface area contributed by atoms with Crippen LogP contribution in [0.1, 0.15) is 86.2 Å². The van der Waals surface area contributed by atoms with Gasteiger partial charge in [0.15, 0.2) is 0 Å². The number of halogens is 1. The number of rotatable bonds is 6. The largest absolute Gasteiger partial charge is 0.489 e. The highest BCUT2D eigenvalue weighted by Crippen LogP contribution is 2.57. The lowest BCUT2D eigenvalue weighted by atomic mass is 9.57. The molecule has 1 spiro atoms. The molecule has 2 aromatic carbocycles. The number of ether oxygens (including phenoxy) is 2. The Bertz CT molecular complexity index is 1430. The van der Waals surface area contributed by atoms with E-state index in [9.17, 15) is 9.18 Å². The Morgan fingerprint density at radius 1 is 1.05 bits per heavy atom. The lowest BCUT2D eigenvalue weighted by Crippen LogP contribution is -2.47. The summed E-state index contributed by atoms with van der Waals surface area (Å²) in [5, 5.41) is 0. The third-order valence-electron chi connectivity index (χ3n) is 9.93. The van der Waals surface area contributed by atoms with E-state index in [-0.39, 0.29) is 28.5 Å². The molecule has 0 N–H and O–H groups in total. The van der Waals surface area contributed by atoms with Gasteiger partial charge in [-0.25, -0.2) is 4.39 Å². The molecule has 2 fully saturated rings. The summed E-state index contributed by atoms with van der Waals surface area (Å²) in [6, 6.07) is 14.6. The molecule has 3 aromatic rings. The van der Waals surface area contributed by atoms with Crippen LogP contribution in [0.3, 0.4) is 0 Å². The highest BCUT2D eigenvalue weighted by Gasteiger charge is 2.55. The van der Waals surface area contributed by atoms with Crippen molar-refractivity contribution in [3.8, 4) is 16.9 Å². The lowest BCUT2D eigenvalue weighted by molar-refractivity contribution is -0.153. The number of hydrogen-bond donors (Lipinski definition) is 0. The van der Waals surface area contributed by atoms with Gasteiger partial charge in [0.1, 0.15) is 18.2 Å². The van der Waals surface area contributed by atoms with Gasteiger partial charge in [-0.3, -0.25) is 9.78 Å². The van der Waals surface area contributed by atoms with Crippen molar-refractivity contribution in [1.82, 2.24) is 4.98 Å². The molecule has 39 heavy (non-hydrogen) atoms. The Kier molecular flexibility index (Phi) is 6.52. The van der Waals surface area contributed by atoms with Crippen molar-refractivity contribution in [2.45, 2.75) is 83.7 Å². The van der Waals surface area contributed by atoms with E-state index in [0.717, 1.165) is 54.7 Å². The minimum atomic E-state index is -0.282. The molecule has 3 atom stereocenters. The summed E-state index contributed by atoms with van der Waals surface area (Å²) in [7, 11) is 1.49. The predicted octanol–water partition coefficient (Wildman–Crippen LogP) is 7.84. The molecule has 204 valence electrons. The Morgan fingerprint density at radius 2 is 1.90 bits per heavy atom. The van der Waals surface area contributed by atoms with E-state index in [0.29, 0.717) is 18.1 Å². The van der Waals surface area contributed by atoms with Crippen molar-refractivity contribution < 1.29 is 18.7 Å². The smallest absolute Gasteiger partial charge is 0.309 e. The minimum absolute atomic E-state index is 0.0545. The van der Waals surface area contributed by atoms with Crippen LogP contribution in [0.2, 0.25) is 0 Å². The zero-order valence-electron chi connectivity index (χ0n) is 23.5. The number of hydrogen-bond acceptors (Lipinski definition) is 4. The molecule has 0 bridgehead atoms. The first kappa shape index (κ1) is 26.0. The van der Waals surface area contributed by atoms with E-state index < -0.39 is 0 Å². The van der Waals surface area contributed by atoms with Crippen LogP contribution in [-0.4, -0.2) is 18.1 Å². The summed E-state index contributed by atoms with van der Waals surface area (Å²) in [5.41, 5.74) is 7.30. The highest BCUT2D eigenvalue weighted by molar-refractivity contribution is 5.77. The Morgan fingerprint density at radius 3 is 2.62 bits per heavy atom. The van der Waals surface area contributed by atoms with Crippen molar-refractivity contribution in [3.63, 3.8) is 0 Å². The van der Waals surface area contributed by atoms with E-state index in [1.165, 1.54) is 42.8 Å². The maximum absolute atomic E-state index is 15.0. The number of nitrogens with zero attached hydrogens (tertiary/aromatic N) is 1. The second-order valence-corrected chi connectivity index (χ2v) is 12.5. The molecule has 3 aliphatic carbocycles. The molecule has 0 amide bonds. The normalized spacial score (nSPS) is 24.8. The summed E-state index contributed by atoms with van der Waals surface area (Å²) >= 11 is 0. The molecule has 0 saturated heterocycles. The van der Waals surface area contributed by atoms with Crippen LogP contribution < -0.4 is 4.74 Å². The van der Waals surface area contributed by atoms with Crippen LogP contribution >= 0.6 is 0 Å². The maximum Gasteiger partial charge on any atom is 0.309 e. The highest BCUT2D eigenvalue weighted by atomic mass is 19.1. The van der Waals surface area contributed by atoms with Crippen LogP contribution in [0.5, 0.6) is 5.75 Å². The molecule has 0 unspecified atom stereocenters. The van der Waals surface area contributed by atoms with Gasteiger partial charge in [-0.15, -0.1) is 0 Å². The Labute approximate surface area is 231 Å². The zero-order chi connectivity index (χ0) is 27.4. The first-order valence-electron chi connectivity index (χ1n) is 14.3. The van der Waals surface area contributed by atoms with Crippen molar-refractivity contribution in [2.75, 3.05) is 7.11 Å². The standard InChI is InChI=1S/C34H38FNO3/c1-21-16-27(31(35)19-36-21)25-10-7-22(17-26(25)28-6-5-13-33(28,2)3)20-39-24-9-8-23-11-14-34(30(23)18-24)15-12-29(34)32(37)38-4/h7-10,16-19,28-29H,5-6,11-15,20H2,1-4H3/t28-,29-,34-/m0/s1. The molecule has 6 rings (SSSR count). The monoisotopic (exact) mass is 527 g/mol. The number of aryl methyl sites for hydroxylation is 2. The quantitative estimate of drug-likeness (QED) is 0.307. The molecule has 3 aliphatic rings. The topological polar surface area (TPSA) is 48.4 Å². The molecule has 5 heteroatoms. The summed E-state index contributed by atoms with van der Waals surface area (Å²) in [4.78, 5) is 16.6. The maximum atomic E-state index is 15.0. The molecule has 1 aromatic heterocycles. The van der Waals surface area contributed by atoms with Crippen LogP contribution in [-0.2, 0) is 28.0 Å². The van der Waals surface area contributed by atoms with E-state index in [2.05, 4.69) is 49.2 Å². The first-order valence-corrected chi connectivity index (χ1v) is 14.3. The molecule has 0 radical (unpaired) electrons. The van der Waals surface area contributed by atoms with Gasteiger partial charge in [-0.2, -0.15) is 0 Å². The number of fused-ring (bicyclic) bond motifs is 2. The fraction of sp³-hybridized carbons (Fsp3) is 0.471. The van der Waals surface area contributed by atoms with Gasteiger partial charge in [0.25, 0.3) is 0 Å². The summed E-state index contributed by atoms with van der Waals surface area (Å²) in [6.45, 7) is 6.99. The van der Waals surface area contributed by atoms with Crippen molar-refractivity contribution >= 4 is 5.97 Å². The second kappa shape index (κ2) is 9.76. The van der Waals surface area contributed by atoms with Gasteiger partial charge in [-0.1, -0.05) is 44.5 Å². The van der Waals surface area contributed by atoms with Crippen LogP contribution in [0.4, 0.5) is 4.39 Å². The molecule has 0 aliphatic heterocycles. The second-order valence-electron chi connectivity index (χ2n) is 12.5. The Hall–Kier alpha value is -3.21. The number of pyridine rings is 1. The number of carbonyl (C=O) groups excluding carboxylic acids is 1. The van der Waals surface area contributed by atoms with Gasteiger partial charge in [0.2, 0.25) is 0 Å². The first-order chi connectivity index (χ1) is 18.7. The molecular weight excluding hydrogens is 489 g/mol. The fourth-order valence-corrected chi connectivity index (χ4v) is 7.62. The zero-order valence-corrected chi connectivity index (χ0v) is 23.5. The Balaban J connectivity index is 1.29. The minimum Gasteiger partial charge on any atom is -0.489 e. The van der Waals surface area contributed by atoms with Crippen LogP contribution in [0, 0.1) is 24.1 Å². The van der Waals surface area contributed by atoms with E-state index in [4.69, 9.17) is 9.47 Å². The predicted molar refractivity (Wildman–Crippen MR) is 150 cm³/mol. The molecule has 2 saturated carbocycles. The number of methoxy groups -OCH3 is 1. The molecule has 1 heterocycles. The van der Waals surface area contributed by atoms with Crippen LogP contribution in [0.15, 0.2) is 48.7 Å². The fourth-order valence-electron chi connectivity index (χ4n) is 7.62. The number of benzene rings is 2. The number of esters is 1. The number of aromatic nitrogens is 1. The molecular formula is C34H38FNO3. The van der Waals surface area contributed by atoms with Gasteiger partial charge in [0.05, 0.1) is 19.2 Å². The van der Waals surface area contributed by atoms with Gasteiger partial charge in [0, 0.05) is 16.7 Å². The van der Waals surface area contributed by atoms with Gasteiger partial charge in [-0.05, 0) is 103 Å². The van der Waals surface area contributed by atoms with E-state index in [1.807, 2.05) is 19.1 Å². The summed E-state index contributed by atoms with van der Waals surface area (Å²) < 4.78 is 26.5. The van der Waals surface area contributed by atoms with Crippen molar-refractivity contribution in [1.29, 1.82) is 0 Å². The average Bonchev–Trinajstić information content (AvgIpc) is 3.48. The third-order valence-corrected chi connectivity index (χ3v) is 9.93. The van der Waals surface area contributed by atoms with Crippen molar-refractivity contribution in [3.05, 3.63) is 82.4 Å².